The van der Waals surface area contributed by atoms with E-state index in [4.69, 9.17) is 6.57 Å². The third kappa shape index (κ3) is 4.68. The van der Waals surface area contributed by atoms with Crippen molar-refractivity contribution in [2.45, 2.75) is 19.8 Å². The summed E-state index contributed by atoms with van der Waals surface area (Å²) in [5.74, 6) is 6.25. The van der Waals surface area contributed by atoms with Crippen LogP contribution in [-0.2, 0) is 0 Å². The van der Waals surface area contributed by atoms with Crippen molar-refractivity contribution in [3.8, 4) is 11.8 Å². The lowest BCUT2D eigenvalue weighted by Crippen LogP contribution is -1.77. The molecule has 102 valence electrons. The molecule has 2 aromatic carbocycles. The minimum Gasteiger partial charge on any atom is -0.238 e. The lowest BCUT2D eigenvalue weighted by Gasteiger charge is -1.94. The third-order valence-corrected chi connectivity index (χ3v) is 3.02. The maximum atomic E-state index is 6.91. The van der Waals surface area contributed by atoms with Crippen molar-refractivity contribution in [1.82, 2.24) is 0 Å². The fourth-order valence-corrected chi connectivity index (χ4v) is 1.83. The van der Waals surface area contributed by atoms with Gasteiger partial charge >= 0.3 is 0 Å². The van der Waals surface area contributed by atoms with Crippen LogP contribution in [-0.4, -0.2) is 0 Å². The first-order valence-electron chi connectivity index (χ1n) is 7.08. The summed E-state index contributed by atoms with van der Waals surface area (Å²) in [5, 5.41) is 0. The van der Waals surface area contributed by atoms with Gasteiger partial charge in [0.15, 0.2) is 5.69 Å². The van der Waals surface area contributed by atoms with E-state index < -0.39 is 0 Å². The first-order chi connectivity index (χ1) is 10.3. The van der Waals surface area contributed by atoms with Crippen LogP contribution in [0, 0.1) is 18.4 Å². The molecular weight excluding hydrogens is 254 g/mol. The van der Waals surface area contributed by atoms with Gasteiger partial charge in [0.25, 0.3) is 0 Å². The van der Waals surface area contributed by atoms with Crippen LogP contribution in [0.2, 0.25) is 0 Å². The molecule has 2 rings (SSSR count). The lowest BCUT2D eigenvalue weighted by atomic mass is 10.1. The molecule has 0 aromatic heterocycles. The second-order valence-corrected chi connectivity index (χ2v) is 4.72. The van der Waals surface area contributed by atoms with E-state index in [0.29, 0.717) is 5.69 Å². The van der Waals surface area contributed by atoms with Crippen LogP contribution >= 0.6 is 0 Å². The third-order valence-electron chi connectivity index (χ3n) is 3.02. The van der Waals surface area contributed by atoms with E-state index in [-0.39, 0.29) is 0 Å². The van der Waals surface area contributed by atoms with Gasteiger partial charge in [0.05, 0.1) is 6.57 Å². The average Bonchev–Trinajstić information content (AvgIpc) is 2.55. The van der Waals surface area contributed by atoms with Crippen molar-refractivity contribution in [2.24, 2.45) is 0 Å². The Labute approximate surface area is 126 Å². The first kappa shape index (κ1) is 14.6. The molecule has 0 unspecified atom stereocenters. The van der Waals surface area contributed by atoms with Crippen molar-refractivity contribution in [3.05, 3.63) is 82.7 Å². The molecule has 1 nitrogen and oxygen atoms in total. The number of hydrogen-bond donors (Lipinski definition) is 0. The predicted octanol–water partition coefficient (Wildman–Crippen LogP) is 5.45. The lowest BCUT2D eigenvalue weighted by molar-refractivity contribution is 0.962. The molecule has 0 aliphatic rings. The Kier molecular flexibility index (Phi) is 5.39. The fourth-order valence-electron chi connectivity index (χ4n) is 1.83. The average molecular weight is 271 g/mol. The number of allylic oxidation sites excluding steroid dienone is 1. The molecule has 21 heavy (non-hydrogen) atoms. The van der Waals surface area contributed by atoms with Crippen LogP contribution in [0.3, 0.4) is 0 Å². The quantitative estimate of drug-likeness (QED) is 0.516. The summed E-state index contributed by atoms with van der Waals surface area (Å²) >= 11 is 0. The summed E-state index contributed by atoms with van der Waals surface area (Å²) in [7, 11) is 0. The van der Waals surface area contributed by atoms with Gasteiger partial charge in [0.2, 0.25) is 0 Å². The Morgan fingerprint density at radius 2 is 1.52 bits per heavy atom. The summed E-state index contributed by atoms with van der Waals surface area (Å²) in [6.45, 7) is 9.09. The predicted molar refractivity (Wildman–Crippen MR) is 89.1 cm³/mol. The molecule has 0 atom stereocenters. The highest BCUT2D eigenvalue weighted by Crippen LogP contribution is 2.12. The van der Waals surface area contributed by atoms with Gasteiger partial charge in [-0.3, -0.25) is 0 Å². The molecule has 2 aromatic rings. The van der Waals surface area contributed by atoms with Gasteiger partial charge in [-0.15, -0.1) is 0 Å². The Hall–Kier alpha value is -2.77. The molecule has 0 amide bonds. The fraction of sp³-hybridized carbons (Fsp3) is 0.150. The van der Waals surface area contributed by atoms with Gasteiger partial charge in [0, 0.05) is 11.1 Å². The smallest absolute Gasteiger partial charge is 0.187 e. The molecule has 0 fully saturated rings. The van der Waals surface area contributed by atoms with Crippen LogP contribution in [0.15, 0.2) is 54.6 Å². The zero-order valence-corrected chi connectivity index (χ0v) is 12.1. The summed E-state index contributed by atoms with van der Waals surface area (Å²) in [6.07, 6.45) is 6.62. The number of rotatable bonds is 3. The van der Waals surface area contributed by atoms with E-state index in [2.05, 4.69) is 47.9 Å². The standard InChI is InChI=1S/C20H17N/c1-3-4-5-6-17-7-9-18(10-8-17)11-12-19-13-15-20(21-2)16-14-19/h5-10,13-16H,3-4H2,1H3. The van der Waals surface area contributed by atoms with E-state index in [1.165, 1.54) is 12.0 Å². The Morgan fingerprint density at radius 1 is 0.952 bits per heavy atom. The van der Waals surface area contributed by atoms with Gasteiger partial charge in [0.1, 0.15) is 0 Å². The monoisotopic (exact) mass is 271 g/mol. The molecule has 0 N–H and O–H groups in total. The van der Waals surface area contributed by atoms with Crippen molar-refractivity contribution in [3.63, 3.8) is 0 Å². The van der Waals surface area contributed by atoms with Gasteiger partial charge < -0.3 is 0 Å². The Balaban J connectivity index is 2.06. The van der Waals surface area contributed by atoms with Gasteiger partial charge in [-0.2, -0.15) is 0 Å². The van der Waals surface area contributed by atoms with E-state index >= 15 is 0 Å². The summed E-state index contributed by atoms with van der Waals surface area (Å²) in [4.78, 5) is 3.37. The van der Waals surface area contributed by atoms with E-state index in [1.54, 1.807) is 12.1 Å². The van der Waals surface area contributed by atoms with Gasteiger partial charge in [-0.05, 0) is 24.1 Å². The maximum Gasteiger partial charge on any atom is 0.187 e. The van der Waals surface area contributed by atoms with Crippen LogP contribution in [0.4, 0.5) is 5.69 Å². The van der Waals surface area contributed by atoms with Crippen LogP contribution < -0.4 is 0 Å². The molecule has 0 bridgehead atoms. The maximum absolute atomic E-state index is 6.91. The van der Waals surface area contributed by atoms with E-state index in [0.717, 1.165) is 17.5 Å². The Morgan fingerprint density at radius 3 is 2.05 bits per heavy atom. The molecule has 0 heterocycles. The van der Waals surface area contributed by atoms with Gasteiger partial charge in [-0.25, -0.2) is 4.85 Å². The molecule has 0 aliphatic heterocycles. The first-order valence-corrected chi connectivity index (χ1v) is 7.08. The number of nitrogens with zero attached hydrogens (tertiary/aromatic N) is 1. The van der Waals surface area contributed by atoms with E-state index in [9.17, 15) is 0 Å². The minimum atomic E-state index is 0.642. The molecule has 0 spiro atoms. The number of unbranched alkanes of at least 4 members (excludes halogenated alkanes) is 1. The van der Waals surface area contributed by atoms with Crippen LogP contribution in [0.5, 0.6) is 0 Å². The molecule has 1 heteroatoms. The highest BCUT2D eigenvalue weighted by molar-refractivity contribution is 5.53. The summed E-state index contributed by atoms with van der Waals surface area (Å²) in [5.41, 5.74) is 3.77. The molecular formula is C20H17N. The van der Waals surface area contributed by atoms with Crippen molar-refractivity contribution in [1.29, 1.82) is 0 Å². The zero-order chi connectivity index (χ0) is 14.9. The SMILES string of the molecule is [C-]#[N+]c1ccc(C#Cc2ccc(C=CCCC)cc2)cc1. The zero-order valence-electron chi connectivity index (χ0n) is 12.1. The number of hydrogen-bond acceptors (Lipinski definition) is 0. The van der Waals surface area contributed by atoms with Crippen LogP contribution in [0.25, 0.3) is 10.9 Å². The summed E-state index contributed by atoms with van der Waals surface area (Å²) in [6, 6.07) is 15.6. The summed E-state index contributed by atoms with van der Waals surface area (Å²) < 4.78 is 0. The molecule has 0 saturated carbocycles. The molecule has 0 saturated heterocycles. The second kappa shape index (κ2) is 7.73. The van der Waals surface area contributed by atoms with Crippen molar-refractivity contribution in [2.75, 3.05) is 0 Å². The number of benzene rings is 2. The molecule has 0 aliphatic carbocycles. The normalized spacial score (nSPS) is 9.90. The topological polar surface area (TPSA) is 4.36 Å². The minimum absolute atomic E-state index is 0.642. The highest BCUT2D eigenvalue weighted by atomic mass is 14.6. The van der Waals surface area contributed by atoms with Crippen molar-refractivity contribution < 1.29 is 0 Å². The van der Waals surface area contributed by atoms with Crippen molar-refractivity contribution >= 4 is 11.8 Å². The Bertz CT molecular complexity index is 702. The van der Waals surface area contributed by atoms with E-state index in [1.807, 2.05) is 24.3 Å². The second-order valence-electron chi connectivity index (χ2n) is 4.72. The highest BCUT2D eigenvalue weighted by Gasteiger charge is 1.91. The van der Waals surface area contributed by atoms with Gasteiger partial charge in [-0.1, -0.05) is 73.7 Å². The largest absolute Gasteiger partial charge is 0.238 e. The van der Waals surface area contributed by atoms with Crippen LogP contribution in [0.1, 0.15) is 36.5 Å². The molecule has 0 radical (unpaired) electrons.